The van der Waals surface area contributed by atoms with Gasteiger partial charge in [-0.15, -0.1) is 0 Å². The third-order valence-electron chi connectivity index (χ3n) is 2.63. The molecule has 108 valence electrons. The topological polar surface area (TPSA) is 29.5 Å². The van der Waals surface area contributed by atoms with E-state index in [1.807, 2.05) is 6.07 Å². The van der Waals surface area contributed by atoms with Crippen LogP contribution in [0.3, 0.4) is 0 Å². The van der Waals surface area contributed by atoms with E-state index in [0.29, 0.717) is 17.7 Å². The number of aliphatic hydroxyl groups is 1. The molecule has 0 amide bonds. The molecule has 1 N–H and O–H groups in total. The summed E-state index contributed by atoms with van der Waals surface area (Å²) in [6.45, 7) is 0.0938. The fourth-order valence-electron chi connectivity index (χ4n) is 1.75. The maximum absolute atomic E-state index is 13.1. The van der Waals surface area contributed by atoms with Gasteiger partial charge in [-0.2, -0.15) is 0 Å². The molecule has 0 spiro atoms. The maximum Gasteiger partial charge on any atom is 0.126 e. The van der Waals surface area contributed by atoms with Crippen molar-refractivity contribution in [3.05, 3.63) is 65.2 Å². The van der Waals surface area contributed by atoms with Gasteiger partial charge in [0.15, 0.2) is 0 Å². The summed E-state index contributed by atoms with van der Waals surface area (Å²) in [7, 11) is 0. The average molecular weight is 288 g/mol. The molecule has 0 heterocycles. The molecule has 0 saturated carbocycles. The van der Waals surface area contributed by atoms with Gasteiger partial charge in [0.25, 0.3) is 0 Å². The summed E-state index contributed by atoms with van der Waals surface area (Å²) >= 11 is 0. The molecule has 0 atom stereocenters. The second kappa shape index (κ2) is 7.41. The van der Waals surface area contributed by atoms with E-state index < -0.39 is 11.6 Å². The molecule has 0 aliphatic carbocycles. The number of halogens is 2. The van der Waals surface area contributed by atoms with Gasteiger partial charge in [0.2, 0.25) is 0 Å². The van der Waals surface area contributed by atoms with E-state index in [-0.39, 0.29) is 13.2 Å². The van der Waals surface area contributed by atoms with Gasteiger partial charge in [0.1, 0.15) is 24.0 Å². The lowest BCUT2D eigenvalue weighted by Gasteiger charge is -2.07. The summed E-state index contributed by atoms with van der Waals surface area (Å²) in [5, 5.41) is 8.67. The third-order valence-corrected chi connectivity index (χ3v) is 2.63. The zero-order valence-corrected chi connectivity index (χ0v) is 11.3. The number of ether oxygens (including phenoxy) is 1. The van der Waals surface area contributed by atoms with Crippen LogP contribution < -0.4 is 4.74 Å². The molecular weight excluding hydrogens is 274 g/mol. The van der Waals surface area contributed by atoms with Crippen LogP contribution in [0.25, 0.3) is 0 Å². The number of hydrogen-bond donors (Lipinski definition) is 1. The predicted octanol–water partition coefficient (Wildman–Crippen LogP) is 3.28. The first-order valence-corrected chi connectivity index (χ1v) is 6.45. The second-order valence-electron chi connectivity index (χ2n) is 4.37. The SMILES string of the molecule is OCCC#Cc1cccc(OCc2cc(F)cc(F)c2)c1. The van der Waals surface area contributed by atoms with E-state index in [0.717, 1.165) is 11.6 Å². The Morgan fingerprint density at radius 2 is 1.81 bits per heavy atom. The predicted molar refractivity (Wildman–Crippen MR) is 75.7 cm³/mol. The maximum atomic E-state index is 13.1. The van der Waals surface area contributed by atoms with Gasteiger partial charge < -0.3 is 9.84 Å². The van der Waals surface area contributed by atoms with Gasteiger partial charge in [-0.05, 0) is 35.9 Å². The Hall–Kier alpha value is -2.38. The van der Waals surface area contributed by atoms with Gasteiger partial charge in [-0.1, -0.05) is 17.9 Å². The van der Waals surface area contributed by atoms with Gasteiger partial charge in [0.05, 0.1) is 6.61 Å². The molecule has 0 unspecified atom stereocenters. The molecule has 0 saturated heterocycles. The molecule has 2 aromatic carbocycles. The number of hydrogen-bond acceptors (Lipinski definition) is 2. The summed E-state index contributed by atoms with van der Waals surface area (Å²) in [6, 6.07) is 10.4. The van der Waals surface area contributed by atoms with E-state index >= 15 is 0 Å². The molecule has 2 aromatic rings. The highest BCUT2D eigenvalue weighted by Crippen LogP contribution is 2.16. The first-order chi connectivity index (χ1) is 10.2. The molecule has 0 aliphatic rings. The second-order valence-corrected chi connectivity index (χ2v) is 4.37. The smallest absolute Gasteiger partial charge is 0.126 e. The van der Waals surface area contributed by atoms with E-state index in [9.17, 15) is 8.78 Å². The van der Waals surface area contributed by atoms with Crippen LogP contribution in [0.4, 0.5) is 8.78 Å². The standard InChI is InChI=1S/C17H14F2O2/c18-15-8-14(9-16(19)11-15)12-21-17-6-3-5-13(10-17)4-1-2-7-20/h3,5-6,8-11,20H,2,7,12H2. The highest BCUT2D eigenvalue weighted by Gasteiger charge is 2.02. The summed E-state index contributed by atoms with van der Waals surface area (Å²) in [5.74, 6) is 5.02. The van der Waals surface area contributed by atoms with Gasteiger partial charge >= 0.3 is 0 Å². The summed E-state index contributed by atoms with van der Waals surface area (Å²) in [6.07, 6.45) is 0.410. The Morgan fingerprint density at radius 3 is 2.52 bits per heavy atom. The van der Waals surface area contributed by atoms with Crippen LogP contribution in [0.2, 0.25) is 0 Å². The van der Waals surface area contributed by atoms with Gasteiger partial charge in [0, 0.05) is 18.1 Å². The summed E-state index contributed by atoms with van der Waals surface area (Å²) in [4.78, 5) is 0. The average Bonchev–Trinajstić information content (AvgIpc) is 2.45. The largest absolute Gasteiger partial charge is 0.489 e. The van der Waals surface area contributed by atoms with Gasteiger partial charge in [-0.25, -0.2) is 8.78 Å². The van der Waals surface area contributed by atoms with E-state index in [1.165, 1.54) is 12.1 Å². The molecule has 0 fully saturated rings. The summed E-state index contributed by atoms with van der Waals surface area (Å²) < 4.78 is 31.6. The van der Waals surface area contributed by atoms with Crippen molar-refractivity contribution in [2.24, 2.45) is 0 Å². The zero-order chi connectivity index (χ0) is 15.1. The molecular formula is C17H14F2O2. The van der Waals surface area contributed by atoms with Crippen LogP contribution in [0.5, 0.6) is 5.75 Å². The van der Waals surface area contributed by atoms with E-state index in [1.54, 1.807) is 18.2 Å². The van der Waals surface area contributed by atoms with Crippen molar-refractivity contribution in [3.63, 3.8) is 0 Å². The van der Waals surface area contributed by atoms with Crippen molar-refractivity contribution in [3.8, 4) is 17.6 Å². The summed E-state index contributed by atoms with van der Waals surface area (Å²) in [5.41, 5.74) is 1.18. The van der Waals surface area contributed by atoms with E-state index in [4.69, 9.17) is 9.84 Å². The van der Waals surface area contributed by atoms with Crippen molar-refractivity contribution in [1.29, 1.82) is 0 Å². The highest BCUT2D eigenvalue weighted by molar-refractivity contribution is 5.39. The van der Waals surface area contributed by atoms with Crippen LogP contribution >= 0.6 is 0 Å². The van der Waals surface area contributed by atoms with Gasteiger partial charge in [-0.3, -0.25) is 0 Å². The Kier molecular flexibility index (Phi) is 5.30. The van der Waals surface area contributed by atoms with Crippen LogP contribution in [-0.4, -0.2) is 11.7 Å². The first kappa shape index (κ1) is 15.0. The Morgan fingerprint density at radius 1 is 1.05 bits per heavy atom. The zero-order valence-electron chi connectivity index (χ0n) is 11.3. The number of aliphatic hydroxyl groups excluding tert-OH is 1. The van der Waals surface area contributed by atoms with Crippen molar-refractivity contribution >= 4 is 0 Å². The lowest BCUT2D eigenvalue weighted by Crippen LogP contribution is -1.97. The van der Waals surface area contributed by atoms with Crippen molar-refractivity contribution in [2.75, 3.05) is 6.61 Å². The Balaban J connectivity index is 2.03. The fourth-order valence-corrected chi connectivity index (χ4v) is 1.75. The molecule has 0 radical (unpaired) electrons. The molecule has 2 rings (SSSR count). The molecule has 0 aliphatic heterocycles. The minimum Gasteiger partial charge on any atom is -0.489 e. The molecule has 2 nitrogen and oxygen atoms in total. The molecule has 4 heteroatoms. The highest BCUT2D eigenvalue weighted by atomic mass is 19.1. The lowest BCUT2D eigenvalue weighted by atomic mass is 10.2. The van der Waals surface area contributed by atoms with E-state index in [2.05, 4.69) is 11.8 Å². The number of benzene rings is 2. The van der Waals surface area contributed by atoms with Crippen LogP contribution in [0, 0.1) is 23.5 Å². The normalized spacial score (nSPS) is 9.86. The van der Waals surface area contributed by atoms with Crippen LogP contribution in [0.1, 0.15) is 17.5 Å². The fraction of sp³-hybridized carbons (Fsp3) is 0.176. The molecule has 21 heavy (non-hydrogen) atoms. The monoisotopic (exact) mass is 288 g/mol. The van der Waals surface area contributed by atoms with Crippen molar-refractivity contribution < 1.29 is 18.6 Å². The number of rotatable bonds is 4. The van der Waals surface area contributed by atoms with Crippen LogP contribution in [-0.2, 0) is 6.61 Å². The Bertz CT molecular complexity index is 652. The molecule has 0 bridgehead atoms. The molecule has 0 aromatic heterocycles. The first-order valence-electron chi connectivity index (χ1n) is 6.45. The lowest BCUT2D eigenvalue weighted by molar-refractivity contribution is 0.304. The van der Waals surface area contributed by atoms with Crippen molar-refractivity contribution in [1.82, 2.24) is 0 Å². The van der Waals surface area contributed by atoms with Crippen molar-refractivity contribution in [2.45, 2.75) is 13.0 Å². The third kappa shape index (κ3) is 4.90. The minimum atomic E-state index is -0.628. The minimum absolute atomic E-state index is 0.0221. The quantitative estimate of drug-likeness (QED) is 0.875. The van der Waals surface area contributed by atoms with Crippen LogP contribution in [0.15, 0.2) is 42.5 Å². The Labute approximate surface area is 122 Å².